The van der Waals surface area contributed by atoms with Gasteiger partial charge in [0.2, 0.25) is 0 Å². The largest absolute Gasteiger partial charge is 0.316 e. The molecule has 1 aromatic rings. The lowest BCUT2D eigenvalue weighted by Crippen LogP contribution is -2.42. The minimum Gasteiger partial charge on any atom is -0.316 e. The Labute approximate surface area is 98.8 Å². The number of hydrogen-bond donors (Lipinski definition) is 1. The van der Waals surface area contributed by atoms with E-state index >= 15 is 0 Å². The smallest absolute Gasteiger partial charge is 0.181 e. The molecule has 1 heterocycles. The Morgan fingerprint density at radius 1 is 1.29 bits per heavy atom. The third-order valence-electron chi connectivity index (χ3n) is 2.89. The van der Waals surface area contributed by atoms with E-state index in [9.17, 15) is 17.2 Å². The fourth-order valence-electron chi connectivity index (χ4n) is 1.71. The predicted molar refractivity (Wildman–Crippen MR) is 59.4 cm³/mol. The Kier molecular flexibility index (Phi) is 3.44. The lowest BCUT2D eigenvalue weighted by molar-refractivity contribution is 0.339. The molecule has 0 spiro atoms. The first-order valence-electron chi connectivity index (χ1n) is 5.37. The molecule has 2 rings (SSSR count). The summed E-state index contributed by atoms with van der Waals surface area (Å²) in [5.41, 5.74) is 0. The van der Waals surface area contributed by atoms with Crippen molar-refractivity contribution in [2.75, 3.05) is 18.8 Å². The lowest BCUT2D eigenvalue weighted by atomic mass is 10.0. The third-order valence-corrected chi connectivity index (χ3v) is 4.66. The van der Waals surface area contributed by atoms with Crippen LogP contribution in [-0.4, -0.2) is 27.3 Å². The van der Waals surface area contributed by atoms with Crippen molar-refractivity contribution in [1.29, 1.82) is 0 Å². The van der Waals surface area contributed by atoms with Gasteiger partial charge in [-0.3, -0.25) is 0 Å². The van der Waals surface area contributed by atoms with Crippen LogP contribution in [0, 0.1) is 17.6 Å². The molecule has 94 valence electrons. The lowest BCUT2D eigenvalue weighted by Gasteiger charge is -2.26. The molecule has 1 aliphatic heterocycles. The second-order valence-electron chi connectivity index (χ2n) is 4.21. The maximum atomic E-state index is 13.3. The average molecular weight is 261 g/mol. The Balaban J connectivity index is 2.12. The van der Waals surface area contributed by atoms with Crippen molar-refractivity contribution in [2.24, 2.45) is 5.92 Å². The molecule has 1 saturated heterocycles. The summed E-state index contributed by atoms with van der Waals surface area (Å²) in [5.74, 6) is -1.54. The molecule has 3 nitrogen and oxygen atoms in total. The van der Waals surface area contributed by atoms with Crippen molar-refractivity contribution in [3.63, 3.8) is 0 Å². The number of halogens is 2. The van der Waals surface area contributed by atoms with Gasteiger partial charge < -0.3 is 5.32 Å². The van der Waals surface area contributed by atoms with Gasteiger partial charge in [0.1, 0.15) is 16.5 Å². The average Bonchev–Trinajstić information content (AvgIpc) is 2.13. The molecule has 1 aromatic carbocycles. The predicted octanol–water partition coefficient (Wildman–Crippen LogP) is 1.35. The Morgan fingerprint density at radius 2 is 2.00 bits per heavy atom. The van der Waals surface area contributed by atoms with Crippen LogP contribution < -0.4 is 5.32 Å². The molecule has 0 unspecified atom stereocenters. The van der Waals surface area contributed by atoms with E-state index < -0.39 is 26.4 Å². The molecule has 0 aromatic heterocycles. The van der Waals surface area contributed by atoms with E-state index in [1.165, 1.54) is 0 Å². The zero-order valence-corrected chi connectivity index (χ0v) is 9.93. The number of nitrogens with one attached hydrogen (secondary N) is 1. The minimum atomic E-state index is -3.65. The Hall–Kier alpha value is -1.01. The third kappa shape index (κ3) is 2.81. The monoisotopic (exact) mass is 261 g/mol. The van der Waals surface area contributed by atoms with E-state index in [-0.39, 0.29) is 5.75 Å². The van der Waals surface area contributed by atoms with E-state index in [2.05, 4.69) is 5.32 Å². The molecular weight excluding hydrogens is 248 g/mol. The van der Waals surface area contributed by atoms with Gasteiger partial charge in [0.15, 0.2) is 9.84 Å². The first-order chi connectivity index (χ1) is 7.99. The summed E-state index contributed by atoms with van der Waals surface area (Å²) < 4.78 is 49.7. The molecule has 0 saturated carbocycles. The molecule has 6 heteroatoms. The van der Waals surface area contributed by atoms with Gasteiger partial charge in [-0.2, -0.15) is 0 Å². The maximum Gasteiger partial charge on any atom is 0.181 e. The minimum absolute atomic E-state index is 0.0953. The van der Waals surface area contributed by atoms with Crippen LogP contribution in [0.15, 0.2) is 23.1 Å². The van der Waals surface area contributed by atoms with Crippen molar-refractivity contribution in [3.8, 4) is 0 Å². The van der Waals surface area contributed by atoms with Crippen LogP contribution in [0.1, 0.15) is 6.42 Å². The molecule has 0 bridgehead atoms. The van der Waals surface area contributed by atoms with Gasteiger partial charge in [0.25, 0.3) is 0 Å². The Bertz CT molecular complexity index is 512. The van der Waals surface area contributed by atoms with Gasteiger partial charge in [-0.25, -0.2) is 17.2 Å². The maximum absolute atomic E-state index is 13.3. The highest BCUT2D eigenvalue weighted by Gasteiger charge is 2.23. The first kappa shape index (κ1) is 12.4. The second kappa shape index (κ2) is 4.70. The number of sulfone groups is 1. The zero-order valence-electron chi connectivity index (χ0n) is 9.12. The van der Waals surface area contributed by atoms with Crippen molar-refractivity contribution in [3.05, 3.63) is 29.8 Å². The van der Waals surface area contributed by atoms with Crippen LogP contribution in [0.4, 0.5) is 8.78 Å². The molecule has 1 fully saturated rings. The summed E-state index contributed by atoms with van der Waals surface area (Å²) in [7, 11) is -3.65. The SMILES string of the molecule is O=S(=O)(CCC1CNC1)c1ccc(F)cc1F. The molecule has 17 heavy (non-hydrogen) atoms. The van der Waals surface area contributed by atoms with Gasteiger partial charge >= 0.3 is 0 Å². The van der Waals surface area contributed by atoms with E-state index in [1.54, 1.807) is 0 Å². The summed E-state index contributed by atoms with van der Waals surface area (Å²) in [6.07, 6.45) is 0.506. The number of benzene rings is 1. The quantitative estimate of drug-likeness (QED) is 0.832. The second-order valence-corrected chi connectivity index (χ2v) is 6.28. The van der Waals surface area contributed by atoms with Crippen molar-refractivity contribution >= 4 is 9.84 Å². The number of rotatable bonds is 4. The topological polar surface area (TPSA) is 46.2 Å². The molecule has 0 aliphatic carbocycles. The van der Waals surface area contributed by atoms with E-state index in [4.69, 9.17) is 0 Å². The van der Waals surface area contributed by atoms with Crippen molar-refractivity contribution in [1.82, 2.24) is 5.32 Å². The highest BCUT2D eigenvalue weighted by Crippen LogP contribution is 2.19. The van der Waals surface area contributed by atoms with Crippen molar-refractivity contribution < 1.29 is 17.2 Å². The van der Waals surface area contributed by atoms with Gasteiger partial charge in [-0.15, -0.1) is 0 Å². The number of hydrogen-bond acceptors (Lipinski definition) is 3. The van der Waals surface area contributed by atoms with Gasteiger partial charge in [0, 0.05) is 6.07 Å². The molecule has 0 amide bonds. The summed E-state index contributed by atoms with van der Waals surface area (Å²) in [6.45, 7) is 1.61. The normalized spacial score (nSPS) is 16.8. The summed E-state index contributed by atoms with van der Waals surface area (Å²) in [6, 6.07) is 2.54. The van der Waals surface area contributed by atoms with Crippen LogP contribution in [0.2, 0.25) is 0 Å². The fraction of sp³-hybridized carbons (Fsp3) is 0.455. The van der Waals surface area contributed by atoms with E-state index in [1.807, 2.05) is 0 Å². The standard InChI is InChI=1S/C11H13F2NO2S/c12-9-1-2-11(10(13)5-9)17(15,16)4-3-8-6-14-7-8/h1-2,5,8,14H,3-4,6-7H2. The Morgan fingerprint density at radius 3 is 2.53 bits per heavy atom. The summed E-state index contributed by atoms with van der Waals surface area (Å²) in [5, 5.41) is 3.04. The van der Waals surface area contributed by atoms with Gasteiger partial charge in [-0.05, 0) is 37.6 Å². The van der Waals surface area contributed by atoms with Crippen LogP contribution in [0.5, 0.6) is 0 Å². The van der Waals surface area contributed by atoms with Gasteiger partial charge in [0.05, 0.1) is 5.75 Å². The van der Waals surface area contributed by atoms with Crippen LogP contribution in [-0.2, 0) is 9.84 Å². The summed E-state index contributed by atoms with van der Waals surface area (Å²) >= 11 is 0. The zero-order chi connectivity index (χ0) is 12.5. The van der Waals surface area contributed by atoms with Crippen LogP contribution in [0.25, 0.3) is 0 Å². The molecule has 1 aliphatic rings. The van der Waals surface area contributed by atoms with E-state index in [0.29, 0.717) is 18.4 Å². The molecule has 0 radical (unpaired) electrons. The highest BCUT2D eigenvalue weighted by molar-refractivity contribution is 7.91. The van der Waals surface area contributed by atoms with Crippen molar-refractivity contribution in [2.45, 2.75) is 11.3 Å². The van der Waals surface area contributed by atoms with E-state index in [0.717, 1.165) is 25.2 Å². The van der Waals surface area contributed by atoms with Gasteiger partial charge in [-0.1, -0.05) is 0 Å². The fourth-order valence-corrected chi connectivity index (χ4v) is 3.21. The molecular formula is C11H13F2NO2S. The van der Waals surface area contributed by atoms with Crippen LogP contribution >= 0.6 is 0 Å². The molecule has 1 N–H and O–H groups in total. The van der Waals surface area contributed by atoms with Crippen LogP contribution in [0.3, 0.4) is 0 Å². The first-order valence-corrected chi connectivity index (χ1v) is 7.03. The highest BCUT2D eigenvalue weighted by atomic mass is 32.2. The summed E-state index contributed by atoms with van der Waals surface area (Å²) in [4.78, 5) is -0.411. The molecule has 0 atom stereocenters.